The maximum absolute atomic E-state index is 8.17. The van der Waals surface area contributed by atoms with E-state index in [1.54, 1.807) is 0 Å². The van der Waals surface area contributed by atoms with Gasteiger partial charge in [0.05, 0.1) is 12.1 Å². The lowest BCUT2D eigenvalue weighted by Crippen LogP contribution is -2.16. The van der Waals surface area contributed by atoms with E-state index in [9.17, 15) is 0 Å². The van der Waals surface area contributed by atoms with Crippen LogP contribution in [0.5, 0.6) is 0 Å². The van der Waals surface area contributed by atoms with Gasteiger partial charge in [0.1, 0.15) is 0 Å². The molecule has 0 bridgehead atoms. The molecule has 2 nitrogen and oxygen atoms in total. The monoisotopic (exact) mass is 110 g/mol. The molecule has 0 spiro atoms. The molecule has 8 heavy (non-hydrogen) atoms. The predicted molar refractivity (Wildman–Crippen MR) is 33.0 cm³/mol. The van der Waals surface area contributed by atoms with Crippen LogP contribution in [0.3, 0.4) is 0 Å². The van der Waals surface area contributed by atoms with E-state index in [0.717, 1.165) is 5.57 Å². The van der Waals surface area contributed by atoms with Gasteiger partial charge in [0.15, 0.2) is 0 Å². The molecule has 0 aromatic rings. The van der Waals surface area contributed by atoms with Crippen LogP contribution in [0.2, 0.25) is 0 Å². The summed E-state index contributed by atoms with van der Waals surface area (Å²) in [4.78, 5) is 0. The topological polar surface area (TPSA) is 49.8 Å². The molecule has 2 heteroatoms. The average Bonchev–Trinajstić information content (AvgIpc) is 1.65. The Morgan fingerprint density at radius 3 is 2.62 bits per heavy atom. The summed E-state index contributed by atoms with van der Waals surface area (Å²) in [6.45, 7) is 5.47. The first-order valence-corrected chi connectivity index (χ1v) is 2.46. The van der Waals surface area contributed by atoms with Crippen molar-refractivity contribution in [1.82, 2.24) is 0 Å². The molecule has 0 heterocycles. The van der Waals surface area contributed by atoms with Crippen molar-refractivity contribution in [2.75, 3.05) is 0 Å². The van der Waals surface area contributed by atoms with Crippen LogP contribution in [0.25, 0.3) is 0 Å². The Bertz CT molecular complexity index is 121. The van der Waals surface area contributed by atoms with Crippen LogP contribution in [0.4, 0.5) is 0 Å². The molecule has 0 aliphatic carbocycles. The summed E-state index contributed by atoms with van der Waals surface area (Å²) in [5.74, 6) is 0. The first kappa shape index (κ1) is 7.19. The fourth-order valence-corrected chi connectivity index (χ4v) is 0.421. The molecule has 44 valence electrons. The Hall–Kier alpha value is -0.810. The normalized spacial score (nSPS) is 12.1. The smallest absolute Gasteiger partial charge is 0.0965 e. The summed E-state index contributed by atoms with van der Waals surface area (Å²) in [6, 6.07) is 1.55. The molecule has 0 rings (SSSR count). The second-order valence-corrected chi connectivity index (χ2v) is 1.90. The molecule has 0 aliphatic rings. The summed E-state index contributed by atoms with van der Waals surface area (Å²) in [6.07, 6.45) is 0.608. The van der Waals surface area contributed by atoms with Gasteiger partial charge in [-0.15, -0.1) is 6.58 Å². The van der Waals surface area contributed by atoms with Crippen molar-refractivity contribution in [2.24, 2.45) is 5.73 Å². The van der Waals surface area contributed by atoms with Crippen LogP contribution in [0.1, 0.15) is 13.3 Å². The highest BCUT2D eigenvalue weighted by Gasteiger charge is 1.96. The molecule has 0 aliphatic heterocycles. The molecule has 0 saturated heterocycles. The van der Waals surface area contributed by atoms with Crippen LogP contribution in [-0.2, 0) is 0 Å². The van der Waals surface area contributed by atoms with Crippen molar-refractivity contribution in [3.05, 3.63) is 12.2 Å². The Labute approximate surface area is 49.6 Å². The Kier molecular flexibility index (Phi) is 2.90. The van der Waals surface area contributed by atoms with Crippen molar-refractivity contribution >= 4 is 0 Å². The number of nitrogens with zero attached hydrogens (tertiary/aromatic N) is 1. The highest BCUT2D eigenvalue weighted by atomic mass is 14.6. The van der Waals surface area contributed by atoms with Crippen LogP contribution in [-0.4, -0.2) is 6.04 Å². The van der Waals surface area contributed by atoms with Gasteiger partial charge < -0.3 is 5.73 Å². The summed E-state index contributed by atoms with van der Waals surface area (Å²) in [5, 5.41) is 8.17. The third-order valence-corrected chi connectivity index (χ3v) is 0.734. The molecule has 0 radical (unpaired) electrons. The molecular formula is C6H10N2. The van der Waals surface area contributed by atoms with Crippen molar-refractivity contribution in [1.29, 1.82) is 5.26 Å². The fourth-order valence-electron chi connectivity index (χ4n) is 0.421. The average molecular weight is 110 g/mol. The van der Waals surface area contributed by atoms with Crippen molar-refractivity contribution in [3.8, 4) is 6.07 Å². The first-order valence-electron chi connectivity index (χ1n) is 2.46. The summed E-state index contributed by atoms with van der Waals surface area (Å²) in [5.41, 5.74) is 6.21. The second-order valence-electron chi connectivity index (χ2n) is 1.90. The maximum atomic E-state index is 8.17. The highest BCUT2D eigenvalue weighted by Crippen LogP contribution is 1.96. The van der Waals surface area contributed by atoms with Gasteiger partial charge in [-0.1, -0.05) is 5.57 Å². The van der Waals surface area contributed by atoms with Crippen LogP contribution in [0, 0.1) is 11.3 Å². The van der Waals surface area contributed by atoms with E-state index in [0.29, 0.717) is 6.42 Å². The minimum Gasteiger partial charge on any atom is -0.316 e. The van der Waals surface area contributed by atoms with E-state index >= 15 is 0 Å². The second kappa shape index (κ2) is 3.23. The van der Waals surface area contributed by atoms with Gasteiger partial charge in [0.25, 0.3) is 0 Å². The number of nitriles is 1. The minimum absolute atomic E-state index is 0.368. The molecular weight excluding hydrogens is 100 g/mol. The zero-order valence-electron chi connectivity index (χ0n) is 5.02. The zero-order valence-corrected chi connectivity index (χ0v) is 5.02. The van der Waals surface area contributed by atoms with Crippen LogP contribution < -0.4 is 5.73 Å². The molecule has 0 aromatic heterocycles. The number of nitrogens with two attached hydrogens (primary N) is 1. The Balaban J connectivity index is 3.43. The lowest BCUT2D eigenvalue weighted by molar-refractivity contribution is 0.816. The molecule has 2 N–H and O–H groups in total. The Morgan fingerprint density at radius 2 is 2.50 bits per heavy atom. The van der Waals surface area contributed by atoms with Gasteiger partial charge >= 0.3 is 0 Å². The molecule has 0 aromatic carbocycles. The minimum atomic E-state index is -0.368. The molecule has 1 unspecified atom stereocenters. The fraction of sp³-hybridized carbons (Fsp3) is 0.500. The van der Waals surface area contributed by atoms with Crippen molar-refractivity contribution < 1.29 is 0 Å². The van der Waals surface area contributed by atoms with Crippen LogP contribution >= 0.6 is 0 Å². The highest BCUT2D eigenvalue weighted by molar-refractivity contribution is 4.99. The van der Waals surface area contributed by atoms with E-state index in [1.165, 1.54) is 0 Å². The SMILES string of the molecule is C=C(C)CC(N)C#N. The number of hydrogen-bond acceptors (Lipinski definition) is 2. The van der Waals surface area contributed by atoms with Gasteiger partial charge in [0, 0.05) is 0 Å². The first-order chi connectivity index (χ1) is 3.66. The predicted octanol–water partition coefficient (Wildman–Crippen LogP) is 0.803. The molecule has 0 fully saturated rings. The van der Waals surface area contributed by atoms with Gasteiger partial charge in [-0.3, -0.25) is 0 Å². The lowest BCUT2D eigenvalue weighted by Gasteiger charge is -1.97. The van der Waals surface area contributed by atoms with Gasteiger partial charge in [0.2, 0.25) is 0 Å². The Morgan fingerprint density at radius 1 is 2.00 bits per heavy atom. The largest absolute Gasteiger partial charge is 0.316 e. The van der Waals surface area contributed by atoms with E-state index < -0.39 is 0 Å². The summed E-state index contributed by atoms with van der Waals surface area (Å²) >= 11 is 0. The van der Waals surface area contributed by atoms with Gasteiger partial charge in [-0.2, -0.15) is 5.26 Å². The van der Waals surface area contributed by atoms with E-state index in [-0.39, 0.29) is 6.04 Å². The van der Waals surface area contributed by atoms with Gasteiger partial charge in [-0.25, -0.2) is 0 Å². The van der Waals surface area contributed by atoms with Crippen molar-refractivity contribution in [3.63, 3.8) is 0 Å². The molecule has 0 amide bonds. The third-order valence-electron chi connectivity index (χ3n) is 0.734. The third kappa shape index (κ3) is 3.38. The van der Waals surface area contributed by atoms with Gasteiger partial charge in [-0.05, 0) is 13.3 Å². The van der Waals surface area contributed by atoms with E-state index in [2.05, 4.69) is 6.58 Å². The summed E-state index contributed by atoms with van der Waals surface area (Å²) in [7, 11) is 0. The quantitative estimate of drug-likeness (QED) is 0.534. The molecule has 1 atom stereocenters. The number of hydrogen-bond donors (Lipinski definition) is 1. The summed E-state index contributed by atoms with van der Waals surface area (Å²) < 4.78 is 0. The maximum Gasteiger partial charge on any atom is 0.0965 e. The van der Waals surface area contributed by atoms with Crippen LogP contribution in [0.15, 0.2) is 12.2 Å². The number of rotatable bonds is 2. The molecule has 0 saturated carbocycles. The lowest BCUT2D eigenvalue weighted by atomic mass is 10.1. The van der Waals surface area contributed by atoms with E-state index in [1.807, 2.05) is 13.0 Å². The zero-order chi connectivity index (χ0) is 6.57. The van der Waals surface area contributed by atoms with Crippen molar-refractivity contribution in [2.45, 2.75) is 19.4 Å². The van der Waals surface area contributed by atoms with E-state index in [4.69, 9.17) is 11.0 Å². The standard InChI is InChI=1S/C6H10N2/c1-5(2)3-6(8)4-7/h6H,1,3,8H2,2H3.